The van der Waals surface area contributed by atoms with Crippen molar-refractivity contribution in [2.75, 3.05) is 19.2 Å². The van der Waals surface area contributed by atoms with Gasteiger partial charge in [0.15, 0.2) is 17.3 Å². The normalized spacial score (nSPS) is 11.9. The van der Waals surface area contributed by atoms with Gasteiger partial charge >= 0.3 is 0 Å². The van der Waals surface area contributed by atoms with Gasteiger partial charge in [-0.3, -0.25) is 14.2 Å². The number of benzene rings is 2. The van der Waals surface area contributed by atoms with E-state index in [-0.39, 0.29) is 12.6 Å². The number of rotatable bonds is 4. The summed E-state index contributed by atoms with van der Waals surface area (Å²) in [5.41, 5.74) is 0.513. The number of hydrogen-bond donors (Lipinski definition) is 1. The van der Waals surface area contributed by atoms with Crippen LogP contribution in [0.1, 0.15) is 10.4 Å². The third-order valence-electron chi connectivity index (χ3n) is 4.06. The number of nitrogens with zero attached hydrogens (tertiary/aromatic N) is 2. The molecule has 0 spiro atoms. The van der Waals surface area contributed by atoms with Crippen LogP contribution in [0.4, 0.5) is 5.82 Å². The van der Waals surface area contributed by atoms with E-state index < -0.39 is 11.5 Å². The maximum atomic E-state index is 12.7. The van der Waals surface area contributed by atoms with Crippen molar-refractivity contribution in [2.24, 2.45) is 0 Å². The summed E-state index contributed by atoms with van der Waals surface area (Å²) in [6.45, 7) is 0.118. The maximum absolute atomic E-state index is 12.7. The Hall–Kier alpha value is -3.81. The topological polar surface area (TPSA) is 91.7 Å². The molecule has 1 N–H and O–H groups in total. The van der Waals surface area contributed by atoms with E-state index in [2.05, 4.69) is 10.3 Å². The number of ether oxygens (including phenoxy) is 3. The first kappa shape index (κ1) is 16.6. The molecule has 0 bridgehead atoms. The molecule has 8 nitrogen and oxygen atoms in total. The van der Waals surface area contributed by atoms with E-state index >= 15 is 0 Å². The molecule has 1 aliphatic heterocycles. The molecule has 8 heteroatoms. The molecule has 0 fully saturated rings. The quantitative estimate of drug-likeness (QED) is 0.762. The Labute approximate surface area is 153 Å². The molecule has 1 aromatic heterocycles. The molecular weight excluding hydrogens is 350 g/mol. The lowest BCUT2D eigenvalue weighted by Gasteiger charge is -2.09. The number of hydrogen-bond acceptors (Lipinski definition) is 6. The zero-order valence-corrected chi connectivity index (χ0v) is 14.3. The van der Waals surface area contributed by atoms with Gasteiger partial charge in [-0.05, 0) is 42.5 Å². The van der Waals surface area contributed by atoms with Crippen molar-refractivity contribution >= 4 is 11.7 Å². The van der Waals surface area contributed by atoms with Gasteiger partial charge in [0.05, 0.1) is 7.11 Å². The van der Waals surface area contributed by atoms with Crippen molar-refractivity contribution in [1.82, 2.24) is 9.55 Å². The van der Waals surface area contributed by atoms with Crippen LogP contribution in [0.25, 0.3) is 5.69 Å². The fourth-order valence-corrected chi connectivity index (χ4v) is 2.66. The Kier molecular flexibility index (Phi) is 4.21. The molecule has 2 aromatic carbocycles. The number of carbonyl (C=O) groups excluding carboxylic acids is 1. The number of aromatic nitrogens is 2. The zero-order chi connectivity index (χ0) is 18.8. The van der Waals surface area contributed by atoms with E-state index in [9.17, 15) is 9.59 Å². The van der Waals surface area contributed by atoms with Crippen LogP contribution in [0, 0.1) is 0 Å². The summed E-state index contributed by atoms with van der Waals surface area (Å²) in [7, 11) is 1.57. The van der Waals surface area contributed by atoms with Crippen molar-refractivity contribution in [3.8, 4) is 22.9 Å². The molecule has 3 aromatic rings. The molecule has 136 valence electrons. The Morgan fingerprint density at radius 3 is 2.70 bits per heavy atom. The molecule has 0 saturated carbocycles. The number of fused-ring (bicyclic) bond motifs is 1. The average molecular weight is 365 g/mol. The van der Waals surface area contributed by atoms with E-state index in [0.717, 1.165) is 0 Å². The second-order valence-electron chi connectivity index (χ2n) is 5.67. The van der Waals surface area contributed by atoms with E-state index in [0.29, 0.717) is 28.5 Å². The van der Waals surface area contributed by atoms with Crippen molar-refractivity contribution in [1.29, 1.82) is 0 Å². The summed E-state index contributed by atoms with van der Waals surface area (Å²) in [6, 6.07) is 11.8. The van der Waals surface area contributed by atoms with Gasteiger partial charge in [0.2, 0.25) is 6.79 Å². The minimum Gasteiger partial charge on any atom is -0.497 e. The summed E-state index contributed by atoms with van der Waals surface area (Å²) < 4.78 is 17.0. The number of nitrogens with one attached hydrogen (secondary N) is 1. The van der Waals surface area contributed by atoms with E-state index in [4.69, 9.17) is 14.2 Å². The third-order valence-corrected chi connectivity index (χ3v) is 4.06. The van der Waals surface area contributed by atoms with Crippen LogP contribution >= 0.6 is 0 Å². The van der Waals surface area contributed by atoms with Crippen molar-refractivity contribution < 1.29 is 19.0 Å². The molecule has 0 unspecified atom stereocenters. The third kappa shape index (κ3) is 3.20. The highest BCUT2D eigenvalue weighted by Gasteiger charge is 2.17. The van der Waals surface area contributed by atoms with Crippen LogP contribution in [-0.4, -0.2) is 29.4 Å². The molecule has 4 rings (SSSR count). The molecule has 1 aliphatic rings. The molecule has 0 aliphatic carbocycles. The van der Waals surface area contributed by atoms with Gasteiger partial charge in [-0.1, -0.05) is 0 Å². The van der Waals surface area contributed by atoms with Crippen LogP contribution in [0.3, 0.4) is 0 Å². The van der Waals surface area contributed by atoms with Crippen molar-refractivity contribution in [3.05, 3.63) is 70.8 Å². The number of methoxy groups -OCH3 is 1. The van der Waals surface area contributed by atoms with E-state index in [1.807, 2.05) is 0 Å². The summed E-state index contributed by atoms with van der Waals surface area (Å²) in [6.07, 6.45) is 2.97. The first-order valence-electron chi connectivity index (χ1n) is 8.09. The minimum atomic E-state index is -0.467. The average Bonchev–Trinajstić information content (AvgIpc) is 3.17. The van der Waals surface area contributed by atoms with Gasteiger partial charge in [0.25, 0.3) is 11.5 Å². The summed E-state index contributed by atoms with van der Waals surface area (Å²) in [4.78, 5) is 29.2. The van der Waals surface area contributed by atoms with Gasteiger partial charge in [-0.2, -0.15) is 0 Å². The number of anilines is 1. The molecule has 0 radical (unpaired) electrons. The van der Waals surface area contributed by atoms with Gasteiger partial charge in [0, 0.05) is 23.6 Å². The Morgan fingerprint density at radius 1 is 1.15 bits per heavy atom. The van der Waals surface area contributed by atoms with Crippen molar-refractivity contribution in [3.63, 3.8) is 0 Å². The van der Waals surface area contributed by atoms with Gasteiger partial charge in [-0.15, -0.1) is 0 Å². The lowest BCUT2D eigenvalue weighted by molar-refractivity contribution is 0.102. The second kappa shape index (κ2) is 6.83. The lowest BCUT2D eigenvalue weighted by Crippen LogP contribution is -2.26. The first-order chi connectivity index (χ1) is 13.2. The molecular formula is C19H15N3O5. The van der Waals surface area contributed by atoms with E-state index in [1.165, 1.54) is 17.0 Å². The second-order valence-corrected chi connectivity index (χ2v) is 5.67. The SMILES string of the molecule is COc1ccc(-n2ccnc(NC(=O)c3ccc4c(c3)OCO4)c2=O)cc1. The predicted octanol–water partition coefficient (Wildman–Crippen LogP) is 2.22. The standard InChI is InChI=1S/C19H15N3O5/c1-25-14-5-3-13(4-6-14)22-9-8-20-17(19(22)24)21-18(23)12-2-7-15-16(10-12)27-11-26-15/h2-10H,11H2,1H3,(H,20,21,23). The number of amides is 1. The van der Waals surface area contributed by atoms with Crippen LogP contribution in [0.2, 0.25) is 0 Å². The molecule has 0 atom stereocenters. The largest absolute Gasteiger partial charge is 0.497 e. The fraction of sp³-hybridized carbons (Fsp3) is 0.105. The van der Waals surface area contributed by atoms with Gasteiger partial charge < -0.3 is 19.5 Å². The Bertz CT molecular complexity index is 1060. The summed E-state index contributed by atoms with van der Waals surface area (Å²) >= 11 is 0. The van der Waals surface area contributed by atoms with Crippen molar-refractivity contribution in [2.45, 2.75) is 0 Å². The zero-order valence-electron chi connectivity index (χ0n) is 14.3. The highest BCUT2D eigenvalue weighted by molar-refractivity contribution is 6.04. The summed E-state index contributed by atoms with van der Waals surface area (Å²) in [5.74, 6) is 1.20. The monoisotopic (exact) mass is 365 g/mol. The highest BCUT2D eigenvalue weighted by Crippen LogP contribution is 2.32. The molecule has 27 heavy (non-hydrogen) atoms. The predicted molar refractivity (Wildman–Crippen MR) is 96.9 cm³/mol. The Morgan fingerprint density at radius 2 is 1.93 bits per heavy atom. The molecule has 2 heterocycles. The molecule has 0 saturated heterocycles. The Balaban J connectivity index is 1.61. The van der Waals surface area contributed by atoms with E-state index in [1.54, 1.807) is 49.6 Å². The van der Waals surface area contributed by atoms with Gasteiger partial charge in [0.1, 0.15) is 5.75 Å². The molecule has 1 amide bonds. The highest BCUT2D eigenvalue weighted by atomic mass is 16.7. The maximum Gasteiger partial charge on any atom is 0.298 e. The smallest absolute Gasteiger partial charge is 0.298 e. The van der Waals surface area contributed by atoms with Crippen LogP contribution in [0.5, 0.6) is 17.2 Å². The van der Waals surface area contributed by atoms with Crippen LogP contribution in [0.15, 0.2) is 59.7 Å². The fourth-order valence-electron chi connectivity index (χ4n) is 2.66. The lowest BCUT2D eigenvalue weighted by atomic mass is 10.2. The minimum absolute atomic E-state index is 0.0732. The number of carbonyl (C=O) groups is 1. The first-order valence-corrected chi connectivity index (χ1v) is 8.09. The van der Waals surface area contributed by atoms with Gasteiger partial charge in [-0.25, -0.2) is 4.98 Å². The van der Waals surface area contributed by atoms with Crippen LogP contribution in [-0.2, 0) is 0 Å². The van der Waals surface area contributed by atoms with Crippen LogP contribution < -0.4 is 25.1 Å². The summed E-state index contributed by atoms with van der Waals surface area (Å²) in [5, 5.41) is 2.55.